The fraction of sp³-hybridized carbons (Fsp3) is 0.562. The zero-order chi connectivity index (χ0) is 14.7. The lowest BCUT2D eigenvalue weighted by Crippen LogP contribution is -2.34. The van der Waals surface area contributed by atoms with Gasteiger partial charge in [-0.05, 0) is 50.8 Å². The molecule has 0 aromatic heterocycles. The molecule has 1 aromatic carbocycles. The van der Waals surface area contributed by atoms with Crippen molar-refractivity contribution in [2.45, 2.75) is 33.2 Å². The van der Waals surface area contributed by atoms with Crippen LogP contribution in [0.1, 0.15) is 24.5 Å². The average molecular weight is 275 g/mol. The highest BCUT2D eigenvalue weighted by atomic mass is 16.2. The predicted octanol–water partition coefficient (Wildman–Crippen LogP) is 1.91. The van der Waals surface area contributed by atoms with Gasteiger partial charge in [0.25, 0.3) is 0 Å². The molecule has 2 unspecified atom stereocenters. The number of nitrogens with one attached hydrogen (secondary N) is 1. The molecule has 1 aliphatic heterocycles. The number of carbonyl (C=O) groups excluding carboxylic acids is 1. The van der Waals surface area contributed by atoms with Crippen molar-refractivity contribution >= 4 is 11.6 Å². The molecule has 1 saturated heterocycles. The Morgan fingerprint density at radius 2 is 2.10 bits per heavy atom. The monoisotopic (exact) mass is 275 g/mol. The molecule has 0 bridgehead atoms. The summed E-state index contributed by atoms with van der Waals surface area (Å²) in [7, 11) is 0. The summed E-state index contributed by atoms with van der Waals surface area (Å²) in [6, 6.07) is 6.25. The van der Waals surface area contributed by atoms with Crippen molar-refractivity contribution < 1.29 is 4.79 Å². The Morgan fingerprint density at radius 3 is 2.65 bits per heavy atom. The number of amides is 1. The number of hydrogen-bond donors (Lipinski definition) is 2. The molecule has 0 spiro atoms. The lowest BCUT2D eigenvalue weighted by Gasteiger charge is -2.18. The van der Waals surface area contributed by atoms with Crippen LogP contribution in [0.2, 0.25) is 0 Å². The molecule has 1 aliphatic rings. The lowest BCUT2D eigenvalue weighted by molar-refractivity contribution is -0.117. The number of anilines is 1. The summed E-state index contributed by atoms with van der Waals surface area (Å²) in [5.41, 5.74) is 9.08. The molecule has 110 valence electrons. The highest BCUT2D eigenvalue weighted by molar-refractivity contribution is 5.93. The highest BCUT2D eigenvalue weighted by Gasteiger charge is 2.26. The summed E-state index contributed by atoms with van der Waals surface area (Å²) in [5.74, 6) is 0.579. The zero-order valence-corrected chi connectivity index (χ0v) is 12.6. The van der Waals surface area contributed by atoms with Gasteiger partial charge in [-0.1, -0.05) is 18.2 Å². The number of likely N-dealkylation sites (tertiary alicyclic amines) is 1. The second-order valence-electron chi connectivity index (χ2n) is 5.96. The second-order valence-corrected chi connectivity index (χ2v) is 5.96. The van der Waals surface area contributed by atoms with E-state index in [9.17, 15) is 4.79 Å². The van der Waals surface area contributed by atoms with Gasteiger partial charge in [0.05, 0.1) is 6.54 Å². The number of hydrogen-bond acceptors (Lipinski definition) is 3. The molecule has 0 radical (unpaired) electrons. The molecule has 2 rings (SSSR count). The second kappa shape index (κ2) is 6.37. The van der Waals surface area contributed by atoms with Crippen LogP contribution < -0.4 is 11.1 Å². The van der Waals surface area contributed by atoms with Crippen molar-refractivity contribution in [3.05, 3.63) is 29.3 Å². The minimum atomic E-state index is 0.0627. The summed E-state index contributed by atoms with van der Waals surface area (Å²) in [5, 5.41) is 3.04. The minimum absolute atomic E-state index is 0.0627. The lowest BCUT2D eigenvalue weighted by atomic mass is 10.0. The van der Waals surface area contributed by atoms with Gasteiger partial charge in [-0.25, -0.2) is 0 Å². The smallest absolute Gasteiger partial charge is 0.238 e. The van der Waals surface area contributed by atoms with E-state index in [4.69, 9.17) is 5.73 Å². The van der Waals surface area contributed by atoms with Gasteiger partial charge >= 0.3 is 0 Å². The Bertz CT molecular complexity index is 464. The van der Waals surface area contributed by atoms with E-state index >= 15 is 0 Å². The Hall–Kier alpha value is -1.39. The normalized spacial score (nSPS) is 20.9. The number of carbonyl (C=O) groups is 1. The van der Waals surface area contributed by atoms with E-state index in [1.165, 1.54) is 0 Å². The van der Waals surface area contributed by atoms with Crippen LogP contribution >= 0.6 is 0 Å². The van der Waals surface area contributed by atoms with Crippen molar-refractivity contribution in [1.82, 2.24) is 4.90 Å². The van der Waals surface area contributed by atoms with Gasteiger partial charge in [-0.15, -0.1) is 0 Å². The first-order chi connectivity index (χ1) is 9.47. The summed E-state index contributed by atoms with van der Waals surface area (Å²) in [6.07, 6.45) is 1.09. The number of benzene rings is 1. The Morgan fingerprint density at radius 1 is 1.45 bits per heavy atom. The van der Waals surface area contributed by atoms with Crippen molar-refractivity contribution in [2.24, 2.45) is 11.7 Å². The number of nitrogens with two attached hydrogens (primary N) is 1. The first-order valence-electron chi connectivity index (χ1n) is 7.31. The molecule has 1 amide bonds. The van der Waals surface area contributed by atoms with E-state index in [1.54, 1.807) is 0 Å². The minimum Gasteiger partial charge on any atom is -0.328 e. The molecule has 4 heteroatoms. The zero-order valence-electron chi connectivity index (χ0n) is 12.6. The first-order valence-corrected chi connectivity index (χ1v) is 7.31. The van der Waals surface area contributed by atoms with Crippen molar-refractivity contribution in [1.29, 1.82) is 0 Å². The Kier molecular flexibility index (Phi) is 4.78. The maximum absolute atomic E-state index is 12.2. The third kappa shape index (κ3) is 3.58. The largest absolute Gasteiger partial charge is 0.328 e. The number of nitrogens with zero attached hydrogens (tertiary/aromatic N) is 1. The summed E-state index contributed by atoms with van der Waals surface area (Å²) >= 11 is 0. The van der Waals surface area contributed by atoms with E-state index in [0.29, 0.717) is 12.5 Å². The Balaban J connectivity index is 1.91. The maximum Gasteiger partial charge on any atom is 0.238 e. The molecular formula is C16H25N3O. The van der Waals surface area contributed by atoms with Crippen molar-refractivity contribution in [2.75, 3.05) is 25.0 Å². The molecule has 1 fully saturated rings. The maximum atomic E-state index is 12.2. The van der Waals surface area contributed by atoms with E-state index in [2.05, 4.69) is 10.2 Å². The standard InChI is InChI=1S/C16H25N3O/c1-11-5-4-6-12(2)16(11)18-15(20)10-19-8-7-14(9-19)13(3)17/h4-6,13-14H,7-10,17H2,1-3H3,(H,18,20). The number of para-hydroxylation sites is 1. The van der Waals surface area contributed by atoms with E-state index in [0.717, 1.165) is 36.3 Å². The van der Waals surface area contributed by atoms with Gasteiger partial charge in [-0.2, -0.15) is 0 Å². The quantitative estimate of drug-likeness (QED) is 0.882. The molecule has 2 atom stereocenters. The van der Waals surface area contributed by atoms with E-state index in [-0.39, 0.29) is 11.9 Å². The van der Waals surface area contributed by atoms with Gasteiger partial charge < -0.3 is 11.1 Å². The van der Waals surface area contributed by atoms with Crippen LogP contribution in [-0.4, -0.2) is 36.5 Å². The van der Waals surface area contributed by atoms with Crippen LogP contribution in [-0.2, 0) is 4.79 Å². The number of rotatable bonds is 4. The Labute approximate surface area is 121 Å². The fourth-order valence-corrected chi connectivity index (χ4v) is 2.83. The van der Waals surface area contributed by atoms with E-state index < -0.39 is 0 Å². The average Bonchev–Trinajstić information content (AvgIpc) is 2.82. The van der Waals surface area contributed by atoms with Crippen LogP contribution in [0.15, 0.2) is 18.2 Å². The summed E-state index contributed by atoms with van der Waals surface area (Å²) < 4.78 is 0. The van der Waals surface area contributed by atoms with Crippen molar-refractivity contribution in [3.63, 3.8) is 0 Å². The van der Waals surface area contributed by atoms with Gasteiger partial charge in [-0.3, -0.25) is 9.69 Å². The third-order valence-electron chi connectivity index (χ3n) is 4.17. The SMILES string of the molecule is Cc1cccc(C)c1NC(=O)CN1CCC(C(C)N)C1. The van der Waals surface area contributed by atoms with Crippen LogP contribution in [0.3, 0.4) is 0 Å². The first kappa shape index (κ1) is 15.0. The molecular weight excluding hydrogens is 250 g/mol. The topological polar surface area (TPSA) is 58.4 Å². The van der Waals surface area contributed by atoms with Gasteiger partial charge in [0.1, 0.15) is 0 Å². The summed E-state index contributed by atoms with van der Waals surface area (Å²) in [4.78, 5) is 14.4. The predicted molar refractivity (Wildman–Crippen MR) is 82.7 cm³/mol. The molecule has 20 heavy (non-hydrogen) atoms. The molecule has 3 N–H and O–H groups in total. The van der Waals surface area contributed by atoms with Crippen LogP contribution in [0.4, 0.5) is 5.69 Å². The van der Waals surface area contributed by atoms with Crippen LogP contribution in [0.25, 0.3) is 0 Å². The third-order valence-corrected chi connectivity index (χ3v) is 4.17. The molecule has 4 nitrogen and oxygen atoms in total. The molecule has 1 aromatic rings. The van der Waals surface area contributed by atoms with Gasteiger partial charge in [0.2, 0.25) is 5.91 Å². The van der Waals surface area contributed by atoms with Gasteiger partial charge in [0.15, 0.2) is 0 Å². The van der Waals surface area contributed by atoms with Crippen LogP contribution in [0.5, 0.6) is 0 Å². The van der Waals surface area contributed by atoms with Crippen molar-refractivity contribution in [3.8, 4) is 0 Å². The van der Waals surface area contributed by atoms with Crippen LogP contribution in [0, 0.1) is 19.8 Å². The van der Waals surface area contributed by atoms with Gasteiger partial charge in [0, 0.05) is 18.3 Å². The molecule has 0 aliphatic carbocycles. The summed E-state index contributed by atoms with van der Waals surface area (Å²) in [6.45, 7) is 8.43. The molecule has 0 saturated carbocycles. The highest BCUT2D eigenvalue weighted by Crippen LogP contribution is 2.21. The van der Waals surface area contributed by atoms with E-state index in [1.807, 2.05) is 39.0 Å². The molecule has 1 heterocycles. The fourth-order valence-electron chi connectivity index (χ4n) is 2.83. The number of aryl methyl sites for hydroxylation is 2.